The summed E-state index contributed by atoms with van der Waals surface area (Å²) in [6.07, 6.45) is 1.48. The van der Waals surface area contributed by atoms with Crippen molar-refractivity contribution in [1.29, 1.82) is 0 Å². The number of anilines is 1. The predicted molar refractivity (Wildman–Crippen MR) is 131 cm³/mol. The number of nitrogens with zero attached hydrogens (tertiary/aromatic N) is 1. The lowest BCUT2D eigenvalue weighted by Gasteiger charge is -2.43. The summed E-state index contributed by atoms with van der Waals surface area (Å²) < 4.78 is 0. The Labute approximate surface area is 190 Å². The summed E-state index contributed by atoms with van der Waals surface area (Å²) in [5.41, 5.74) is 5.92. The number of benzene rings is 4. The van der Waals surface area contributed by atoms with Gasteiger partial charge in [0.25, 0.3) is 0 Å². The predicted octanol–water partition coefficient (Wildman–Crippen LogP) is 6.85. The van der Waals surface area contributed by atoms with Crippen LogP contribution in [0.15, 0.2) is 115 Å². The number of hydrogen-bond acceptors (Lipinski definition) is 2. The first kappa shape index (κ1) is 20.3. The molecule has 2 heteroatoms. The molecule has 0 saturated heterocycles. The minimum absolute atomic E-state index is 0.0468. The maximum atomic E-state index is 13.4. The van der Waals surface area contributed by atoms with Crippen LogP contribution in [0.1, 0.15) is 45.4 Å². The van der Waals surface area contributed by atoms with Crippen molar-refractivity contribution >= 4 is 11.5 Å². The quantitative estimate of drug-likeness (QED) is 0.320. The van der Waals surface area contributed by atoms with Gasteiger partial charge in [0.05, 0.1) is 6.04 Å². The lowest BCUT2D eigenvalue weighted by atomic mass is 9.78. The third kappa shape index (κ3) is 4.09. The van der Waals surface area contributed by atoms with Crippen molar-refractivity contribution in [3.8, 4) is 0 Å². The van der Waals surface area contributed by atoms with Crippen LogP contribution in [0, 0.1) is 0 Å². The van der Waals surface area contributed by atoms with Crippen LogP contribution < -0.4 is 4.90 Å². The van der Waals surface area contributed by atoms with Gasteiger partial charge < -0.3 is 4.90 Å². The Morgan fingerprint density at radius 2 is 1.34 bits per heavy atom. The van der Waals surface area contributed by atoms with Gasteiger partial charge in [-0.2, -0.15) is 0 Å². The summed E-state index contributed by atoms with van der Waals surface area (Å²) in [7, 11) is 0. The molecular weight excluding hydrogens is 390 g/mol. The zero-order valence-electron chi connectivity index (χ0n) is 18.1. The van der Waals surface area contributed by atoms with E-state index in [4.69, 9.17) is 0 Å². The van der Waals surface area contributed by atoms with Crippen molar-refractivity contribution in [1.82, 2.24) is 0 Å². The number of fused-ring (bicyclic) bond motifs is 1. The first-order valence-electron chi connectivity index (χ1n) is 11.3. The number of Topliss-reactive ketones (excluding diaryl/α,β-unsaturated/α-hetero) is 1. The van der Waals surface area contributed by atoms with Gasteiger partial charge in [0.15, 0.2) is 5.78 Å². The monoisotopic (exact) mass is 417 g/mol. The highest BCUT2D eigenvalue weighted by molar-refractivity contribution is 5.96. The van der Waals surface area contributed by atoms with Crippen molar-refractivity contribution in [3.05, 3.63) is 138 Å². The lowest BCUT2D eigenvalue weighted by Crippen LogP contribution is -2.39. The average Bonchev–Trinajstić information content (AvgIpc) is 2.88. The van der Waals surface area contributed by atoms with Crippen molar-refractivity contribution in [2.75, 3.05) is 11.4 Å². The van der Waals surface area contributed by atoms with Gasteiger partial charge in [-0.3, -0.25) is 4.79 Å². The molecular formula is C30H27NO. The van der Waals surface area contributed by atoms with E-state index < -0.39 is 0 Å². The minimum atomic E-state index is 0.0468. The van der Waals surface area contributed by atoms with Crippen LogP contribution in [0.25, 0.3) is 0 Å². The first-order chi connectivity index (χ1) is 15.8. The van der Waals surface area contributed by atoms with Gasteiger partial charge in [-0.15, -0.1) is 0 Å². The van der Waals surface area contributed by atoms with E-state index in [0.717, 1.165) is 18.5 Å². The molecule has 0 saturated carbocycles. The molecule has 0 fully saturated rings. The van der Waals surface area contributed by atoms with E-state index in [-0.39, 0.29) is 17.7 Å². The van der Waals surface area contributed by atoms with Gasteiger partial charge >= 0.3 is 0 Å². The van der Waals surface area contributed by atoms with E-state index in [9.17, 15) is 4.79 Å². The molecule has 0 N–H and O–H groups in total. The molecule has 4 aromatic rings. The Balaban J connectivity index is 1.62. The normalized spacial score (nSPS) is 16.2. The van der Waals surface area contributed by atoms with E-state index in [1.807, 2.05) is 36.4 Å². The molecule has 4 aromatic carbocycles. The van der Waals surface area contributed by atoms with Crippen LogP contribution in [0.5, 0.6) is 0 Å². The molecule has 0 bridgehead atoms. The molecule has 0 radical (unpaired) electrons. The van der Waals surface area contributed by atoms with Gasteiger partial charge in [-0.25, -0.2) is 0 Å². The maximum absolute atomic E-state index is 13.4. The summed E-state index contributed by atoms with van der Waals surface area (Å²) >= 11 is 0. The second-order valence-corrected chi connectivity index (χ2v) is 8.43. The number of ketones is 1. The van der Waals surface area contributed by atoms with E-state index in [0.29, 0.717) is 6.42 Å². The standard InChI is InChI=1S/C30H27NO/c32-29(25-15-6-2-7-16-25)22-28(23-12-4-1-5-13-23)30-27-19-11-10-14-24(27)20-21-31(30)26-17-8-3-9-18-26/h1-19,28,30H,20-22H2/t28-,30-/m1/s1. The molecule has 2 nitrogen and oxygen atoms in total. The highest BCUT2D eigenvalue weighted by Gasteiger charge is 2.36. The molecule has 0 spiro atoms. The van der Waals surface area contributed by atoms with Gasteiger partial charge in [0.1, 0.15) is 0 Å². The van der Waals surface area contributed by atoms with Crippen LogP contribution in [-0.2, 0) is 6.42 Å². The molecule has 0 unspecified atom stereocenters. The fourth-order valence-corrected chi connectivity index (χ4v) is 5.00. The largest absolute Gasteiger partial charge is 0.364 e. The van der Waals surface area contributed by atoms with Crippen LogP contribution >= 0.6 is 0 Å². The van der Waals surface area contributed by atoms with Crippen molar-refractivity contribution in [2.45, 2.75) is 24.8 Å². The topological polar surface area (TPSA) is 20.3 Å². The SMILES string of the molecule is O=C(C[C@H](c1ccccc1)[C@H]1c2ccccc2CCN1c1ccccc1)c1ccccc1. The van der Waals surface area contributed by atoms with Gasteiger partial charge in [0.2, 0.25) is 0 Å². The maximum Gasteiger partial charge on any atom is 0.163 e. The van der Waals surface area contributed by atoms with Crippen molar-refractivity contribution in [2.24, 2.45) is 0 Å². The molecule has 2 atom stereocenters. The number of carbonyl (C=O) groups is 1. The molecule has 1 aliphatic rings. The molecule has 158 valence electrons. The van der Waals surface area contributed by atoms with Gasteiger partial charge in [0, 0.05) is 30.1 Å². The van der Waals surface area contributed by atoms with E-state index in [2.05, 4.69) is 83.8 Å². The average molecular weight is 418 g/mol. The van der Waals surface area contributed by atoms with Crippen LogP contribution in [0.3, 0.4) is 0 Å². The minimum Gasteiger partial charge on any atom is -0.364 e. The third-order valence-corrected chi connectivity index (χ3v) is 6.53. The lowest BCUT2D eigenvalue weighted by molar-refractivity contribution is 0.0968. The van der Waals surface area contributed by atoms with E-state index in [1.165, 1.54) is 22.4 Å². The Hall–Kier alpha value is -3.65. The van der Waals surface area contributed by atoms with Crippen molar-refractivity contribution in [3.63, 3.8) is 0 Å². The van der Waals surface area contributed by atoms with Crippen LogP contribution in [-0.4, -0.2) is 12.3 Å². The number of rotatable bonds is 6. The highest BCUT2D eigenvalue weighted by atomic mass is 16.1. The smallest absolute Gasteiger partial charge is 0.163 e. The Morgan fingerprint density at radius 1 is 0.750 bits per heavy atom. The summed E-state index contributed by atoms with van der Waals surface area (Å²) in [4.78, 5) is 15.9. The van der Waals surface area contributed by atoms with Gasteiger partial charge in [-0.1, -0.05) is 103 Å². The van der Waals surface area contributed by atoms with E-state index >= 15 is 0 Å². The van der Waals surface area contributed by atoms with Gasteiger partial charge in [-0.05, 0) is 35.2 Å². The molecule has 32 heavy (non-hydrogen) atoms. The Bertz CT molecular complexity index is 1170. The second-order valence-electron chi connectivity index (χ2n) is 8.43. The number of carbonyl (C=O) groups excluding carboxylic acids is 1. The Morgan fingerprint density at radius 3 is 2.06 bits per heavy atom. The fraction of sp³-hybridized carbons (Fsp3) is 0.167. The molecule has 0 aliphatic carbocycles. The number of para-hydroxylation sites is 1. The number of hydrogen-bond donors (Lipinski definition) is 0. The Kier molecular flexibility index (Phi) is 5.85. The summed E-state index contributed by atoms with van der Waals surface area (Å²) in [5.74, 6) is 0.237. The van der Waals surface area contributed by atoms with E-state index in [1.54, 1.807) is 0 Å². The van der Waals surface area contributed by atoms with Crippen LogP contribution in [0.2, 0.25) is 0 Å². The zero-order valence-corrected chi connectivity index (χ0v) is 18.1. The molecule has 0 aromatic heterocycles. The summed E-state index contributed by atoms with van der Waals surface area (Å²) in [6, 6.07) is 39.7. The molecule has 1 aliphatic heterocycles. The molecule has 1 heterocycles. The fourth-order valence-electron chi connectivity index (χ4n) is 5.00. The third-order valence-electron chi connectivity index (χ3n) is 6.53. The van der Waals surface area contributed by atoms with Crippen LogP contribution in [0.4, 0.5) is 5.69 Å². The first-order valence-corrected chi connectivity index (χ1v) is 11.3. The summed E-state index contributed by atoms with van der Waals surface area (Å²) in [6.45, 7) is 0.939. The second kappa shape index (κ2) is 9.23. The summed E-state index contributed by atoms with van der Waals surface area (Å²) in [5, 5.41) is 0. The van der Waals surface area contributed by atoms with Crippen molar-refractivity contribution < 1.29 is 4.79 Å². The molecule has 0 amide bonds. The zero-order chi connectivity index (χ0) is 21.8. The molecule has 5 rings (SSSR count). The highest BCUT2D eigenvalue weighted by Crippen LogP contribution is 2.44.